The van der Waals surface area contributed by atoms with E-state index in [1.807, 2.05) is 36.0 Å². The second-order valence-corrected chi connectivity index (χ2v) is 4.69. The summed E-state index contributed by atoms with van der Waals surface area (Å²) in [7, 11) is 1.96. The van der Waals surface area contributed by atoms with Crippen molar-refractivity contribution in [2.45, 2.75) is 5.16 Å². The fraction of sp³-hybridized carbons (Fsp3) is 0.231. The van der Waals surface area contributed by atoms with Crippen LogP contribution in [0.15, 0.2) is 41.8 Å². The third kappa shape index (κ3) is 3.05. The maximum absolute atomic E-state index is 8.91. The summed E-state index contributed by atoms with van der Waals surface area (Å²) in [6.07, 6.45) is 3.68. The minimum atomic E-state index is 0.552. The summed E-state index contributed by atoms with van der Waals surface area (Å²) >= 11 is 1.63. The highest BCUT2D eigenvalue weighted by Crippen LogP contribution is 2.18. The van der Waals surface area contributed by atoms with E-state index in [-0.39, 0.29) is 0 Å². The Morgan fingerprint density at radius 2 is 2.28 bits per heavy atom. The molecule has 0 saturated carbocycles. The highest BCUT2D eigenvalue weighted by Gasteiger charge is 2.03. The summed E-state index contributed by atoms with van der Waals surface area (Å²) in [5, 5.41) is 9.88. The number of aromatic nitrogens is 2. The zero-order chi connectivity index (χ0) is 12.8. The van der Waals surface area contributed by atoms with Crippen molar-refractivity contribution in [1.29, 1.82) is 5.26 Å². The number of imidazole rings is 1. The van der Waals surface area contributed by atoms with Crippen LogP contribution < -0.4 is 4.74 Å². The number of thioether (sulfide) groups is 1. The Labute approximate surface area is 110 Å². The highest BCUT2D eigenvalue weighted by molar-refractivity contribution is 7.99. The van der Waals surface area contributed by atoms with Crippen LogP contribution in [0.4, 0.5) is 0 Å². The average Bonchev–Trinajstić information content (AvgIpc) is 2.81. The Kier molecular flexibility index (Phi) is 4.26. The number of benzene rings is 1. The van der Waals surface area contributed by atoms with Crippen molar-refractivity contribution < 1.29 is 4.74 Å². The van der Waals surface area contributed by atoms with Crippen molar-refractivity contribution in [3.05, 3.63) is 42.2 Å². The fourth-order valence-corrected chi connectivity index (χ4v) is 2.21. The summed E-state index contributed by atoms with van der Waals surface area (Å²) in [6.45, 7) is 0.552. The largest absolute Gasteiger partial charge is 0.491 e. The molecule has 2 aromatic rings. The van der Waals surface area contributed by atoms with Gasteiger partial charge in [0.15, 0.2) is 5.16 Å². The van der Waals surface area contributed by atoms with Crippen LogP contribution in [0.5, 0.6) is 5.75 Å². The van der Waals surface area contributed by atoms with Crippen LogP contribution in [-0.4, -0.2) is 21.9 Å². The lowest BCUT2D eigenvalue weighted by atomic mass is 10.2. The van der Waals surface area contributed by atoms with Crippen molar-refractivity contribution >= 4 is 11.8 Å². The molecule has 0 N–H and O–H groups in total. The first kappa shape index (κ1) is 12.5. The van der Waals surface area contributed by atoms with E-state index in [9.17, 15) is 0 Å². The van der Waals surface area contributed by atoms with Gasteiger partial charge in [-0.25, -0.2) is 4.98 Å². The van der Waals surface area contributed by atoms with Crippen LogP contribution in [0.3, 0.4) is 0 Å². The van der Waals surface area contributed by atoms with Gasteiger partial charge in [-0.3, -0.25) is 0 Å². The normalized spacial score (nSPS) is 10.0. The van der Waals surface area contributed by atoms with Gasteiger partial charge in [-0.1, -0.05) is 23.9 Å². The van der Waals surface area contributed by atoms with Crippen molar-refractivity contribution in [3.63, 3.8) is 0 Å². The Balaban J connectivity index is 1.82. The van der Waals surface area contributed by atoms with Gasteiger partial charge in [0.2, 0.25) is 0 Å². The SMILES string of the molecule is Cn1ccnc1SCCOc1ccccc1C#N. The number of aryl methyl sites for hydroxylation is 1. The van der Waals surface area contributed by atoms with Gasteiger partial charge in [0.05, 0.1) is 12.2 Å². The molecule has 0 fully saturated rings. The Morgan fingerprint density at radius 3 is 3.00 bits per heavy atom. The molecule has 0 spiro atoms. The van der Waals surface area contributed by atoms with Gasteiger partial charge >= 0.3 is 0 Å². The molecular formula is C13H13N3OS. The molecule has 0 radical (unpaired) electrons. The molecule has 0 aliphatic heterocycles. The standard InChI is InChI=1S/C13H13N3OS/c1-16-7-6-15-13(16)18-9-8-17-12-5-3-2-4-11(12)10-14/h2-7H,8-9H2,1H3. The number of rotatable bonds is 5. The molecule has 0 atom stereocenters. The molecule has 1 aromatic heterocycles. The molecule has 1 aromatic carbocycles. The molecule has 0 bridgehead atoms. The van der Waals surface area contributed by atoms with Gasteiger partial charge in [-0.05, 0) is 12.1 Å². The summed E-state index contributed by atoms with van der Waals surface area (Å²) < 4.78 is 7.55. The van der Waals surface area contributed by atoms with Gasteiger partial charge in [0.25, 0.3) is 0 Å². The van der Waals surface area contributed by atoms with Gasteiger partial charge in [-0.15, -0.1) is 0 Å². The molecule has 0 unspecified atom stereocenters. The number of nitriles is 1. The maximum atomic E-state index is 8.91. The lowest BCUT2D eigenvalue weighted by molar-refractivity contribution is 0.343. The van der Waals surface area contributed by atoms with Crippen LogP contribution in [-0.2, 0) is 7.05 Å². The molecule has 1 heterocycles. The summed E-state index contributed by atoms with van der Waals surface area (Å²) in [5.41, 5.74) is 0.569. The van der Waals surface area contributed by atoms with Crippen molar-refractivity contribution in [1.82, 2.24) is 9.55 Å². The van der Waals surface area contributed by atoms with E-state index in [1.54, 1.807) is 24.0 Å². The van der Waals surface area contributed by atoms with Crippen LogP contribution in [0.1, 0.15) is 5.56 Å². The van der Waals surface area contributed by atoms with Gasteiger partial charge in [-0.2, -0.15) is 5.26 Å². The number of hydrogen-bond acceptors (Lipinski definition) is 4. The number of para-hydroxylation sites is 1. The zero-order valence-electron chi connectivity index (χ0n) is 10.0. The van der Waals surface area contributed by atoms with E-state index < -0.39 is 0 Å². The Hall–Kier alpha value is -1.93. The highest BCUT2D eigenvalue weighted by atomic mass is 32.2. The average molecular weight is 259 g/mol. The topological polar surface area (TPSA) is 50.8 Å². The van der Waals surface area contributed by atoms with Crippen molar-refractivity contribution in [2.24, 2.45) is 7.05 Å². The van der Waals surface area contributed by atoms with E-state index in [1.165, 1.54) is 0 Å². The predicted octanol–water partition coefficient (Wildman–Crippen LogP) is 2.46. The summed E-state index contributed by atoms with van der Waals surface area (Å²) in [5.74, 6) is 1.44. The molecule has 0 aliphatic rings. The molecule has 2 rings (SSSR count). The van der Waals surface area contributed by atoms with Crippen molar-refractivity contribution in [2.75, 3.05) is 12.4 Å². The lowest BCUT2D eigenvalue weighted by Crippen LogP contribution is -2.02. The van der Waals surface area contributed by atoms with Crippen LogP contribution in [0, 0.1) is 11.3 Å². The number of nitrogens with zero attached hydrogens (tertiary/aromatic N) is 3. The Morgan fingerprint density at radius 1 is 1.44 bits per heavy atom. The quantitative estimate of drug-likeness (QED) is 0.611. The molecule has 5 heteroatoms. The molecule has 0 amide bonds. The summed E-state index contributed by atoms with van der Waals surface area (Å²) in [6, 6.07) is 9.36. The van der Waals surface area contributed by atoms with Gasteiger partial charge in [0, 0.05) is 25.2 Å². The first-order valence-electron chi connectivity index (χ1n) is 5.53. The minimum absolute atomic E-state index is 0.552. The molecule has 0 aliphatic carbocycles. The fourth-order valence-electron chi connectivity index (χ4n) is 1.46. The van der Waals surface area contributed by atoms with E-state index in [0.29, 0.717) is 17.9 Å². The molecule has 92 valence electrons. The van der Waals surface area contributed by atoms with Crippen molar-refractivity contribution in [3.8, 4) is 11.8 Å². The zero-order valence-corrected chi connectivity index (χ0v) is 10.9. The van der Waals surface area contributed by atoms with E-state index >= 15 is 0 Å². The van der Waals surface area contributed by atoms with Crippen LogP contribution in [0.2, 0.25) is 0 Å². The Bertz CT molecular complexity index is 559. The lowest BCUT2D eigenvalue weighted by Gasteiger charge is -2.07. The third-order valence-electron chi connectivity index (χ3n) is 2.36. The van der Waals surface area contributed by atoms with Crippen LogP contribution >= 0.6 is 11.8 Å². The van der Waals surface area contributed by atoms with Crippen LogP contribution in [0.25, 0.3) is 0 Å². The monoisotopic (exact) mass is 259 g/mol. The predicted molar refractivity (Wildman–Crippen MR) is 70.6 cm³/mol. The third-order valence-corrected chi connectivity index (χ3v) is 3.38. The van der Waals surface area contributed by atoms with Gasteiger partial charge < -0.3 is 9.30 Å². The molecule has 18 heavy (non-hydrogen) atoms. The first-order valence-corrected chi connectivity index (χ1v) is 6.52. The first-order chi connectivity index (χ1) is 8.81. The molecular weight excluding hydrogens is 246 g/mol. The van der Waals surface area contributed by atoms with Gasteiger partial charge in [0.1, 0.15) is 11.8 Å². The van der Waals surface area contributed by atoms with E-state index in [4.69, 9.17) is 10.00 Å². The smallest absolute Gasteiger partial charge is 0.167 e. The van der Waals surface area contributed by atoms with E-state index in [2.05, 4.69) is 11.1 Å². The minimum Gasteiger partial charge on any atom is -0.491 e. The molecule has 4 nitrogen and oxygen atoms in total. The second-order valence-electron chi connectivity index (χ2n) is 3.63. The number of hydrogen-bond donors (Lipinski definition) is 0. The van der Waals surface area contributed by atoms with E-state index in [0.717, 1.165) is 10.9 Å². The second kappa shape index (κ2) is 6.12. The maximum Gasteiger partial charge on any atom is 0.167 e. The number of ether oxygens (including phenoxy) is 1. The summed E-state index contributed by atoms with van der Waals surface area (Å²) in [4.78, 5) is 4.21. The molecule has 0 saturated heterocycles.